The first kappa shape index (κ1) is 13.9. The standard InChI is InChI=1S/C19H24/c1-2-18(19-15-7-4-8-16-19)14-10-9-13-17-11-5-3-6-12-17/h3,5-6,10-12,15H,2,4,7-9,13,16H2,1H3. The van der Waals surface area contributed by atoms with Gasteiger partial charge in [-0.3, -0.25) is 0 Å². The van der Waals surface area contributed by atoms with Gasteiger partial charge in [-0.05, 0) is 67.7 Å². The molecule has 0 spiro atoms. The lowest BCUT2D eigenvalue weighted by atomic mass is 9.92. The van der Waals surface area contributed by atoms with E-state index in [9.17, 15) is 0 Å². The molecule has 0 aliphatic heterocycles. The number of benzene rings is 1. The Bertz CT molecular complexity index is 470. The fourth-order valence-electron chi connectivity index (χ4n) is 2.61. The Hall–Kier alpha value is -1.52. The van der Waals surface area contributed by atoms with Gasteiger partial charge in [-0.2, -0.15) is 0 Å². The maximum Gasteiger partial charge on any atom is -0.00376 e. The summed E-state index contributed by atoms with van der Waals surface area (Å²) in [4.78, 5) is 0. The van der Waals surface area contributed by atoms with Crippen LogP contribution in [0, 0.1) is 0 Å². The molecule has 0 fully saturated rings. The Labute approximate surface area is 117 Å². The smallest absolute Gasteiger partial charge is 0.00376 e. The Morgan fingerprint density at radius 1 is 1.21 bits per heavy atom. The van der Waals surface area contributed by atoms with Gasteiger partial charge >= 0.3 is 0 Å². The molecular formula is C19H24. The summed E-state index contributed by atoms with van der Waals surface area (Å²) in [5.41, 5.74) is 7.92. The van der Waals surface area contributed by atoms with E-state index in [1.165, 1.54) is 36.8 Å². The van der Waals surface area contributed by atoms with Crippen LogP contribution in [0.2, 0.25) is 0 Å². The third-order valence-corrected chi connectivity index (χ3v) is 3.73. The minimum absolute atomic E-state index is 1.08. The summed E-state index contributed by atoms with van der Waals surface area (Å²) in [6, 6.07) is 10.7. The molecule has 0 amide bonds. The molecule has 1 aliphatic carbocycles. The van der Waals surface area contributed by atoms with E-state index in [1.807, 2.05) is 0 Å². The molecule has 0 radical (unpaired) electrons. The van der Waals surface area contributed by atoms with Gasteiger partial charge < -0.3 is 0 Å². The molecule has 0 unspecified atom stereocenters. The summed E-state index contributed by atoms with van der Waals surface area (Å²) in [6.07, 6.45) is 13.2. The number of hydrogen-bond acceptors (Lipinski definition) is 0. The monoisotopic (exact) mass is 252 g/mol. The number of aryl methyl sites for hydroxylation is 1. The van der Waals surface area contributed by atoms with E-state index in [-0.39, 0.29) is 0 Å². The van der Waals surface area contributed by atoms with Crippen molar-refractivity contribution in [2.75, 3.05) is 0 Å². The highest BCUT2D eigenvalue weighted by Crippen LogP contribution is 2.25. The van der Waals surface area contributed by atoms with Crippen molar-refractivity contribution >= 4 is 0 Å². The van der Waals surface area contributed by atoms with Gasteiger partial charge in [0, 0.05) is 0 Å². The van der Waals surface area contributed by atoms with Gasteiger partial charge in [-0.25, -0.2) is 0 Å². The average Bonchev–Trinajstić information content (AvgIpc) is 2.49. The molecule has 1 aliphatic rings. The zero-order chi connectivity index (χ0) is 13.3. The molecule has 0 saturated heterocycles. The lowest BCUT2D eigenvalue weighted by molar-refractivity contribution is 0.702. The molecule has 100 valence electrons. The second kappa shape index (κ2) is 7.81. The average molecular weight is 252 g/mol. The molecule has 0 aromatic heterocycles. The van der Waals surface area contributed by atoms with Gasteiger partial charge in [0.05, 0.1) is 0 Å². The van der Waals surface area contributed by atoms with Crippen molar-refractivity contribution in [3.8, 4) is 0 Å². The van der Waals surface area contributed by atoms with Crippen LogP contribution in [0.5, 0.6) is 0 Å². The van der Waals surface area contributed by atoms with Crippen LogP contribution in [0.25, 0.3) is 0 Å². The summed E-state index contributed by atoms with van der Waals surface area (Å²) in [5.74, 6) is 0. The van der Waals surface area contributed by atoms with Gasteiger partial charge in [0.1, 0.15) is 0 Å². The van der Waals surface area contributed by atoms with Gasteiger partial charge in [0.2, 0.25) is 0 Å². The quantitative estimate of drug-likeness (QED) is 0.597. The molecule has 0 heterocycles. The van der Waals surface area contributed by atoms with Crippen LogP contribution in [0.1, 0.15) is 51.0 Å². The summed E-state index contributed by atoms with van der Waals surface area (Å²) in [5, 5.41) is 0. The zero-order valence-electron chi connectivity index (χ0n) is 12.0. The lowest BCUT2D eigenvalue weighted by Crippen LogP contribution is -1.94. The van der Waals surface area contributed by atoms with E-state index in [1.54, 1.807) is 5.57 Å². The summed E-state index contributed by atoms with van der Waals surface area (Å²) < 4.78 is 0. The van der Waals surface area contributed by atoms with Crippen molar-refractivity contribution in [2.45, 2.75) is 51.9 Å². The highest BCUT2D eigenvalue weighted by atomic mass is 14.1. The van der Waals surface area contributed by atoms with Crippen LogP contribution < -0.4 is 0 Å². The Morgan fingerprint density at radius 2 is 2.05 bits per heavy atom. The Kier molecular flexibility index (Phi) is 5.72. The molecule has 0 atom stereocenters. The molecule has 0 bridgehead atoms. The van der Waals surface area contributed by atoms with Crippen molar-refractivity contribution in [3.63, 3.8) is 0 Å². The third kappa shape index (κ3) is 4.58. The van der Waals surface area contributed by atoms with Gasteiger partial charge in [-0.15, -0.1) is 5.73 Å². The van der Waals surface area contributed by atoms with E-state index in [4.69, 9.17) is 0 Å². The summed E-state index contributed by atoms with van der Waals surface area (Å²) in [7, 11) is 0. The first-order valence-electron chi connectivity index (χ1n) is 7.57. The van der Waals surface area contributed by atoms with E-state index in [2.05, 4.69) is 55.1 Å². The molecule has 19 heavy (non-hydrogen) atoms. The van der Waals surface area contributed by atoms with Crippen molar-refractivity contribution in [3.05, 3.63) is 64.9 Å². The molecule has 1 aromatic rings. The van der Waals surface area contributed by atoms with E-state index >= 15 is 0 Å². The van der Waals surface area contributed by atoms with Crippen molar-refractivity contribution in [2.24, 2.45) is 0 Å². The summed E-state index contributed by atoms with van der Waals surface area (Å²) in [6.45, 7) is 2.24. The zero-order valence-corrected chi connectivity index (χ0v) is 12.0. The maximum absolute atomic E-state index is 3.53. The van der Waals surface area contributed by atoms with Gasteiger partial charge in [0.25, 0.3) is 0 Å². The predicted octanol–water partition coefficient (Wildman–Crippen LogP) is 5.61. The highest BCUT2D eigenvalue weighted by molar-refractivity contribution is 5.31. The van der Waals surface area contributed by atoms with Crippen LogP contribution in [0.4, 0.5) is 0 Å². The fourth-order valence-corrected chi connectivity index (χ4v) is 2.61. The van der Waals surface area contributed by atoms with Crippen LogP contribution in [-0.2, 0) is 6.42 Å². The third-order valence-electron chi connectivity index (χ3n) is 3.73. The lowest BCUT2D eigenvalue weighted by Gasteiger charge is -2.13. The molecule has 1 aromatic carbocycles. The van der Waals surface area contributed by atoms with Gasteiger partial charge in [0.15, 0.2) is 0 Å². The van der Waals surface area contributed by atoms with E-state index in [0.717, 1.165) is 19.3 Å². The molecule has 0 N–H and O–H groups in total. The highest BCUT2D eigenvalue weighted by Gasteiger charge is 2.06. The first-order valence-corrected chi connectivity index (χ1v) is 7.57. The van der Waals surface area contributed by atoms with Crippen LogP contribution >= 0.6 is 0 Å². The topological polar surface area (TPSA) is 0 Å². The Morgan fingerprint density at radius 3 is 2.74 bits per heavy atom. The molecular weight excluding hydrogens is 228 g/mol. The minimum Gasteiger partial charge on any atom is -0.121 e. The van der Waals surface area contributed by atoms with E-state index in [0.29, 0.717) is 0 Å². The van der Waals surface area contributed by atoms with Crippen LogP contribution in [0.3, 0.4) is 0 Å². The molecule has 0 heteroatoms. The predicted molar refractivity (Wildman–Crippen MR) is 83.2 cm³/mol. The summed E-state index contributed by atoms with van der Waals surface area (Å²) >= 11 is 0. The van der Waals surface area contributed by atoms with Crippen LogP contribution in [-0.4, -0.2) is 0 Å². The fraction of sp³-hybridized carbons (Fsp3) is 0.421. The molecule has 0 nitrogen and oxygen atoms in total. The number of hydrogen-bond donors (Lipinski definition) is 0. The van der Waals surface area contributed by atoms with Crippen molar-refractivity contribution in [1.29, 1.82) is 0 Å². The first-order chi connectivity index (χ1) is 9.40. The Balaban J connectivity index is 1.94. The largest absolute Gasteiger partial charge is 0.121 e. The molecule has 2 rings (SSSR count). The van der Waals surface area contributed by atoms with Crippen LogP contribution in [0.15, 0.2) is 59.4 Å². The number of allylic oxidation sites excluding steroid dienone is 3. The normalized spacial score (nSPS) is 14.5. The van der Waals surface area contributed by atoms with E-state index < -0.39 is 0 Å². The second-order valence-electron chi connectivity index (χ2n) is 5.18. The number of rotatable bonds is 5. The minimum atomic E-state index is 1.08. The molecule has 0 saturated carbocycles. The second-order valence-corrected chi connectivity index (χ2v) is 5.18. The van der Waals surface area contributed by atoms with Crippen molar-refractivity contribution < 1.29 is 0 Å². The maximum atomic E-state index is 3.53. The van der Waals surface area contributed by atoms with Crippen molar-refractivity contribution in [1.82, 2.24) is 0 Å². The SMILES string of the molecule is CCC(=C=CCCc1ccccc1)C1=CCCCC1. The van der Waals surface area contributed by atoms with Gasteiger partial charge in [-0.1, -0.05) is 43.3 Å².